The van der Waals surface area contributed by atoms with Crippen molar-refractivity contribution < 1.29 is 37.3 Å². The second-order valence-corrected chi connectivity index (χ2v) is 24.7. The number of amides is 1. The molecule has 0 saturated heterocycles. The van der Waals surface area contributed by atoms with Gasteiger partial charge in [0, 0.05) is 12.8 Å². The number of nitrogens with zero attached hydrogens (tertiary/aromatic N) is 1. The second-order valence-electron chi connectivity index (χ2n) is 23.3. The van der Waals surface area contributed by atoms with Crippen LogP contribution in [0.4, 0.5) is 0 Å². The normalized spacial score (nSPS) is 13.9. The van der Waals surface area contributed by atoms with Crippen LogP contribution in [0.15, 0.2) is 48.6 Å². The predicted molar refractivity (Wildman–Crippen MR) is 328 cm³/mol. The molecule has 0 aromatic carbocycles. The molecule has 0 aliphatic carbocycles. The highest BCUT2D eigenvalue weighted by Crippen LogP contribution is 2.43. The van der Waals surface area contributed by atoms with Crippen molar-refractivity contribution in [2.75, 3.05) is 40.9 Å². The molecule has 0 saturated carbocycles. The molecule has 0 heterocycles. The molecule has 0 spiro atoms. The van der Waals surface area contributed by atoms with E-state index in [1.165, 1.54) is 186 Å². The summed E-state index contributed by atoms with van der Waals surface area (Å²) in [6.07, 6.45) is 69.9. The Labute approximate surface area is 471 Å². The smallest absolute Gasteiger partial charge is 0.456 e. The first-order chi connectivity index (χ1) is 36.9. The quantitative estimate of drug-likeness (QED) is 0.0205. The molecule has 10 heteroatoms. The molecule has 0 aromatic rings. The molecule has 0 fully saturated rings. The zero-order valence-electron chi connectivity index (χ0n) is 51.0. The van der Waals surface area contributed by atoms with E-state index in [0.717, 1.165) is 89.9 Å². The van der Waals surface area contributed by atoms with Gasteiger partial charge in [-0.25, -0.2) is 4.57 Å². The van der Waals surface area contributed by atoms with Gasteiger partial charge in [0.1, 0.15) is 19.3 Å². The molecule has 76 heavy (non-hydrogen) atoms. The van der Waals surface area contributed by atoms with Crippen molar-refractivity contribution in [3.05, 3.63) is 48.6 Å². The average Bonchev–Trinajstić information content (AvgIpc) is 3.38. The summed E-state index contributed by atoms with van der Waals surface area (Å²) < 4.78 is 30.7. The topological polar surface area (TPSA) is 111 Å². The van der Waals surface area contributed by atoms with Gasteiger partial charge in [0.15, 0.2) is 0 Å². The van der Waals surface area contributed by atoms with Crippen molar-refractivity contribution in [2.24, 2.45) is 0 Å². The number of unbranched alkanes of at least 4 members (excludes halogenated alkanes) is 37. The Kier molecular flexibility index (Phi) is 54.7. The highest BCUT2D eigenvalue weighted by molar-refractivity contribution is 7.47. The number of hydrogen-bond donors (Lipinski definition) is 2. The third-order valence-electron chi connectivity index (χ3n) is 14.5. The first kappa shape index (κ1) is 74.0. The van der Waals surface area contributed by atoms with Crippen LogP contribution in [-0.2, 0) is 27.9 Å². The van der Waals surface area contributed by atoms with Gasteiger partial charge in [-0.1, -0.05) is 282 Å². The lowest BCUT2D eigenvalue weighted by atomic mass is 10.0. The van der Waals surface area contributed by atoms with E-state index in [-0.39, 0.29) is 25.1 Å². The number of nitrogens with one attached hydrogen (secondary N) is 1. The van der Waals surface area contributed by atoms with E-state index >= 15 is 0 Å². The Balaban J connectivity index is 5.03. The number of likely N-dealkylation sites (N-methyl/N-ethyl adjacent to an activating group) is 1. The first-order valence-corrected chi connectivity index (χ1v) is 34.0. The lowest BCUT2D eigenvalue weighted by Gasteiger charge is -2.27. The molecule has 0 aliphatic rings. The standard InChI is InChI=1S/C66H125N2O7P/c1-7-10-13-16-19-22-25-27-29-30-31-32-33-34-35-36-37-38-39-41-44-47-50-53-56-59-66(70)75-64(57-54-51-48-45-42-24-21-18-15-12-9-3)63(62-74-76(71,72)73-61-60-68(4,5)6)67-65(69)58-55-52-49-46-43-40-28-26-23-20-17-14-11-8-2/h11,14,20,23,28,40,54,57,63-64H,7-10,12-13,15-19,21-22,24-27,29-39,41-53,55-56,58-62H2,1-6H3,(H-,67,69,71,72)/p+1/b14-11+,23-20+,40-28+,57-54-. The van der Waals surface area contributed by atoms with Crippen LogP contribution >= 0.6 is 7.82 Å². The maximum Gasteiger partial charge on any atom is 0.472 e. The van der Waals surface area contributed by atoms with E-state index in [0.29, 0.717) is 23.9 Å². The molecule has 3 unspecified atom stereocenters. The van der Waals surface area contributed by atoms with Gasteiger partial charge < -0.3 is 19.4 Å². The number of allylic oxidation sites excluding steroid dienone is 7. The number of carbonyl (C=O) groups excluding carboxylic acids is 2. The SMILES string of the molecule is CC/C=C/C/C=C/C/C=C/CCCCCCC(=O)NC(COP(=O)(O)OCC[N+](C)(C)C)C(/C=C\CCCCCCCCCCC)OC(=O)CCCCCCCCCCCCCCCCCCCCCCCCCCC. The highest BCUT2D eigenvalue weighted by Gasteiger charge is 2.30. The minimum atomic E-state index is -4.45. The van der Waals surface area contributed by atoms with Crippen molar-refractivity contribution in [2.45, 2.75) is 322 Å². The molecule has 0 aliphatic heterocycles. The summed E-state index contributed by atoms with van der Waals surface area (Å²) in [7, 11) is 1.49. The van der Waals surface area contributed by atoms with Gasteiger partial charge in [0.25, 0.3) is 0 Å². The lowest BCUT2D eigenvalue weighted by molar-refractivity contribution is -0.870. The van der Waals surface area contributed by atoms with E-state index in [1.807, 2.05) is 33.3 Å². The Morgan fingerprint density at radius 1 is 0.474 bits per heavy atom. The summed E-state index contributed by atoms with van der Waals surface area (Å²) in [5.74, 6) is -0.520. The number of phosphoric acid groups is 1. The molecule has 446 valence electrons. The number of carbonyl (C=O) groups is 2. The number of quaternary nitrogens is 1. The van der Waals surface area contributed by atoms with Crippen LogP contribution in [0.3, 0.4) is 0 Å². The Bertz CT molecular complexity index is 1440. The van der Waals surface area contributed by atoms with Crippen LogP contribution in [0.5, 0.6) is 0 Å². The minimum absolute atomic E-state index is 0.0365. The van der Waals surface area contributed by atoms with Gasteiger partial charge in [-0.2, -0.15) is 0 Å². The zero-order valence-corrected chi connectivity index (χ0v) is 51.9. The molecular formula is C66H126N2O7P+. The second kappa shape index (κ2) is 56.3. The molecule has 0 rings (SSSR count). The van der Waals surface area contributed by atoms with E-state index in [1.54, 1.807) is 0 Å². The highest BCUT2D eigenvalue weighted by atomic mass is 31.2. The summed E-state index contributed by atoms with van der Waals surface area (Å²) in [6, 6.07) is -0.857. The summed E-state index contributed by atoms with van der Waals surface area (Å²) in [5, 5.41) is 3.04. The molecule has 3 atom stereocenters. The predicted octanol–water partition coefficient (Wildman–Crippen LogP) is 20.1. The molecule has 9 nitrogen and oxygen atoms in total. The van der Waals surface area contributed by atoms with Gasteiger partial charge in [-0.05, 0) is 63.9 Å². The van der Waals surface area contributed by atoms with Crippen molar-refractivity contribution in [1.82, 2.24) is 5.32 Å². The summed E-state index contributed by atoms with van der Waals surface area (Å²) in [4.78, 5) is 37.7. The van der Waals surface area contributed by atoms with Crippen molar-refractivity contribution in [3.63, 3.8) is 0 Å². The number of esters is 1. The third-order valence-corrected chi connectivity index (χ3v) is 15.5. The van der Waals surface area contributed by atoms with E-state index in [4.69, 9.17) is 13.8 Å². The molecule has 2 N–H and O–H groups in total. The number of hydrogen-bond acceptors (Lipinski definition) is 6. The lowest BCUT2D eigenvalue weighted by Crippen LogP contribution is -2.47. The largest absolute Gasteiger partial charge is 0.472 e. The van der Waals surface area contributed by atoms with Crippen LogP contribution in [-0.4, -0.2) is 74.3 Å². The average molecular weight is 1090 g/mol. The molecule has 0 bridgehead atoms. The molecule has 0 radical (unpaired) electrons. The third kappa shape index (κ3) is 56.7. The van der Waals surface area contributed by atoms with Gasteiger partial charge in [-0.3, -0.25) is 18.6 Å². The van der Waals surface area contributed by atoms with Crippen LogP contribution in [0.25, 0.3) is 0 Å². The summed E-state index contributed by atoms with van der Waals surface area (Å²) >= 11 is 0. The fourth-order valence-electron chi connectivity index (χ4n) is 9.55. The van der Waals surface area contributed by atoms with Gasteiger partial charge in [0.2, 0.25) is 5.91 Å². The monoisotopic (exact) mass is 1090 g/mol. The fourth-order valence-corrected chi connectivity index (χ4v) is 10.3. The fraction of sp³-hybridized carbons (Fsp3) is 0.848. The maximum absolute atomic E-state index is 13.5. The number of phosphoric ester groups is 1. The van der Waals surface area contributed by atoms with Crippen LogP contribution in [0, 0.1) is 0 Å². The Morgan fingerprint density at radius 3 is 1.26 bits per heavy atom. The maximum atomic E-state index is 13.5. The van der Waals surface area contributed by atoms with Crippen LogP contribution < -0.4 is 5.32 Å². The van der Waals surface area contributed by atoms with E-state index in [2.05, 4.69) is 62.5 Å². The number of rotatable bonds is 59. The van der Waals surface area contributed by atoms with Crippen molar-refractivity contribution in [3.8, 4) is 0 Å². The van der Waals surface area contributed by atoms with E-state index in [9.17, 15) is 19.0 Å². The van der Waals surface area contributed by atoms with Gasteiger partial charge in [0.05, 0.1) is 33.8 Å². The van der Waals surface area contributed by atoms with Gasteiger partial charge in [-0.15, -0.1) is 0 Å². The summed E-state index contributed by atoms with van der Waals surface area (Å²) in [6.45, 7) is 6.91. The first-order valence-electron chi connectivity index (χ1n) is 32.5. The van der Waals surface area contributed by atoms with Gasteiger partial charge >= 0.3 is 13.8 Å². The van der Waals surface area contributed by atoms with Crippen LogP contribution in [0.2, 0.25) is 0 Å². The van der Waals surface area contributed by atoms with Crippen molar-refractivity contribution >= 4 is 19.7 Å². The molecule has 1 amide bonds. The molecule has 0 aromatic heterocycles. The van der Waals surface area contributed by atoms with Crippen LogP contribution in [0.1, 0.15) is 310 Å². The molecular weight excluding hydrogens is 964 g/mol. The van der Waals surface area contributed by atoms with E-state index < -0.39 is 20.0 Å². The Morgan fingerprint density at radius 2 is 0.842 bits per heavy atom. The summed E-state index contributed by atoms with van der Waals surface area (Å²) in [5.41, 5.74) is 0. The minimum Gasteiger partial charge on any atom is -0.456 e. The Hall–Kier alpha value is -2.03. The van der Waals surface area contributed by atoms with Crippen molar-refractivity contribution in [1.29, 1.82) is 0 Å². The zero-order chi connectivity index (χ0) is 55.7. The number of ether oxygens (including phenoxy) is 1.